The highest BCUT2D eigenvalue weighted by Crippen LogP contribution is 2.74. The molecule has 3 unspecified atom stereocenters. The molecule has 0 aliphatic heterocycles. The zero-order chi connectivity index (χ0) is 11.1. The van der Waals surface area contributed by atoms with Crippen molar-refractivity contribution in [1.82, 2.24) is 0 Å². The quantitative estimate of drug-likeness (QED) is 0.471. The van der Waals surface area contributed by atoms with E-state index < -0.39 is 8.07 Å². The molecule has 3 atom stereocenters. The number of rotatable bonds is 4. The second kappa shape index (κ2) is 3.76. The minimum Gasteiger partial charge on any atom is -0.103 e. The van der Waals surface area contributed by atoms with Gasteiger partial charge in [0, 0.05) is 0 Å². The summed E-state index contributed by atoms with van der Waals surface area (Å²) in [4.78, 5) is 0. The Morgan fingerprint density at radius 1 is 1.40 bits per heavy atom. The number of allylic oxidation sites excluding steroid dienone is 1. The van der Waals surface area contributed by atoms with Crippen molar-refractivity contribution in [2.24, 2.45) is 11.8 Å². The van der Waals surface area contributed by atoms with Crippen molar-refractivity contribution in [1.29, 1.82) is 0 Å². The molecule has 0 radical (unpaired) electrons. The molecule has 86 valence electrons. The Kier molecular flexibility index (Phi) is 2.87. The van der Waals surface area contributed by atoms with Crippen LogP contribution in [0.5, 0.6) is 0 Å². The first-order chi connectivity index (χ1) is 7.01. The van der Waals surface area contributed by atoms with E-state index in [1.807, 2.05) is 0 Å². The Balaban J connectivity index is 2.01. The zero-order valence-electron chi connectivity index (χ0n) is 10.7. The summed E-state index contributed by atoms with van der Waals surface area (Å²) < 4.78 is 0. The van der Waals surface area contributed by atoms with Crippen molar-refractivity contribution < 1.29 is 0 Å². The van der Waals surface area contributed by atoms with Gasteiger partial charge in [-0.2, -0.15) is 0 Å². The van der Waals surface area contributed by atoms with E-state index in [1.165, 1.54) is 25.7 Å². The van der Waals surface area contributed by atoms with Crippen molar-refractivity contribution in [2.45, 2.75) is 63.2 Å². The predicted octanol–water partition coefficient (Wildman–Crippen LogP) is 4.85. The van der Waals surface area contributed by atoms with E-state index in [4.69, 9.17) is 0 Å². The van der Waals surface area contributed by atoms with Gasteiger partial charge in [0.2, 0.25) is 0 Å². The van der Waals surface area contributed by atoms with Gasteiger partial charge in [-0.25, -0.2) is 0 Å². The molecule has 0 nitrogen and oxygen atoms in total. The van der Waals surface area contributed by atoms with Crippen LogP contribution >= 0.6 is 0 Å². The first kappa shape index (κ1) is 11.4. The molecule has 0 bridgehead atoms. The monoisotopic (exact) mass is 222 g/mol. The standard InChI is InChI=1S/C14H26Si/c1-5-6-8-12-9-7-10-14(11-13(12)14)15(2,3)4/h5,12-13H,1,6-11H2,2-4H3. The Labute approximate surface area is 96.2 Å². The molecule has 0 aromatic heterocycles. The first-order valence-corrected chi connectivity index (χ1v) is 10.1. The molecule has 2 aliphatic carbocycles. The smallest absolute Gasteiger partial charge is 0.0509 e. The highest BCUT2D eigenvalue weighted by atomic mass is 28.3. The summed E-state index contributed by atoms with van der Waals surface area (Å²) in [6.45, 7) is 11.6. The second-order valence-corrected chi connectivity index (χ2v) is 12.2. The Morgan fingerprint density at radius 3 is 2.73 bits per heavy atom. The van der Waals surface area contributed by atoms with Crippen LogP contribution in [0.3, 0.4) is 0 Å². The van der Waals surface area contributed by atoms with Crippen LogP contribution in [0.15, 0.2) is 12.7 Å². The maximum Gasteiger partial charge on any atom is 0.0509 e. The van der Waals surface area contributed by atoms with E-state index in [0.717, 1.165) is 16.9 Å². The average molecular weight is 222 g/mol. The summed E-state index contributed by atoms with van der Waals surface area (Å²) in [6.07, 6.45) is 10.9. The van der Waals surface area contributed by atoms with Gasteiger partial charge < -0.3 is 0 Å². The molecule has 0 aromatic rings. The minimum atomic E-state index is -0.913. The van der Waals surface area contributed by atoms with E-state index in [1.54, 1.807) is 12.8 Å². The molecule has 0 aromatic carbocycles. The van der Waals surface area contributed by atoms with E-state index in [-0.39, 0.29) is 0 Å². The summed E-state index contributed by atoms with van der Waals surface area (Å²) in [5.41, 5.74) is 0. The molecular weight excluding hydrogens is 196 g/mol. The fourth-order valence-electron chi connectivity index (χ4n) is 4.03. The Hall–Kier alpha value is -0.0431. The maximum atomic E-state index is 3.86. The number of fused-ring (bicyclic) bond motifs is 1. The lowest BCUT2D eigenvalue weighted by molar-refractivity contribution is 0.321. The van der Waals surface area contributed by atoms with Crippen LogP contribution in [0.25, 0.3) is 0 Å². The van der Waals surface area contributed by atoms with Crippen molar-refractivity contribution in [3.05, 3.63) is 12.7 Å². The van der Waals surface area contributed by atoms with Gasteiger partial charge in [-0.15, -0.1) is 6.58 Å². The third kappa shape index (κ3) is 1.84. The lowest BCUT2D eigenvalue weighted by Gasteiger charge is -2.36. The molecule has 1 heteroatoms. The Bertz CT molecular complexity index is 251. The van der Waals surface area contributed by atoms with E-state index in [2.05, 4.69) is 32.3 Å². The van der Waals surface area contributed by atoms with Crippen molar-refractivity contribution in [3.63, 3.8) is 0 Å². The molecule has 0 amide bonds. The SMILES string of the molecule is C=CCCC1CCCC2([Si](C)(C)C)CC12. The second-order valence-electron chi connectivity index (χ2n) is 6.74. The minimum absolute atomic E-state index is 0.858. The molecule has 2 rings (SSSR count). The molecule has 2 saturated carbocycles. The first-order valence-electron chi connectivity index (χ1n) is 6.62. The van der Waals surface area contributed by atoms with Gasteiger partial charge >= 0.3 is 0 Å². The van der Waals surface area contributed by atoms with E-state index in [0.29, 0.717) is 0 Å². The third-order valence-electron chi connectivity index (χ3n) is 5.14. The molecule has 2 fully saturated rings. The normalized spacial score (nSPS) is 39.7. The van der Waals surface area contributed by atoms with Gasteiger partial charge in [-0.3, -0.25) is 0 Å². The summed E-state index contributed by atoms with van der Waals surface area (Å²) in [5.74, 6) is 2.15. The largest absolute Gasteiger partial charge is 0.103 e. The fourth-order valence-corrected chi connectivity index (χ4v) is 7.14. The molecule has 0 heterocycles. The van der Waals surface area contributed by atoms with Crippen LogP contribution in [0.4, 0.5) is 0 Å². The van der Waals surface area contributed by atoms with Crippen molar-refractivity contribution in [3.8, 4) is 0 Å². The fraction of sp³-hybridized carbons (Fsp3) is 0.857. The highest BCUT2D eigenvalue weighted by Gasteiger charge is 2.64. The lowest BCUT2D eigenvalue weighted by Crippen LogP contribution is -2.34. The zero-order valence-corrected chi connectivity index (χ0v) is 11.7. The highest BCUT2D eigenvalue weighted by molar-refractivity contribution is 6.80. The summed E-state index contributed by atoms with van der Waals surface area (Å²) in [6, 6.07) is 0. The number of hydrogen-bond donors (Lipinski definition) is 0. The average Bonchev–Trinajstić information content (AvgIpc) is 2.89. The van der Waals surface area contributed by atoms with Crippen molar-refractivity contribution >= 4 is 8.07 Å². The molecule has 15 heavy (non-hydrogen) atoms. The van der Waals surface area contributed by atoms with Crippen LogP contribution in [0.1, 0.15) is 38.5 Å². The summed E-state index contributed by atoms with van der Waals surface area (Å²) in [5, 5.41) is 0.858. The maximum absolute atomic E-state index is 3.86. The van der Waals surface area contributed by atoms with E-state index in [9.17, 15) is 0 Å². The van der Waals surface area contributed by atoms with Gasteiger partial charge in [0.25, 0.3) is 0 Å². The predicted molar refractivity (Wildman–Crippen MR) is 70.9 cm³/mol. The van der Waals surface area contributed by atoms with Crippen LogP contribution in [0, 0.1) is 11.8 Å². The molecule has 0 spiro atoms. The topological polar surface area (TPSA) is 0 Å². The Morgan fingerprint density at radius 2 is 2.13 bits per heavy atom. The van der Waals surface area contributed by atoms with Crippen molar-refractivity contribution in [2.75, 3.05) is 0 Å². The summed E-state index contributed by atoms with van der Waals surface area (Å²) in [7, 11) is -0.913. The molecule has 0 N–H and O–H groups in total. The molecular formula is C14H26Si. The third-order valence-corrected chi connectivity index (χ3v) is 8.95. The van der Waals surface area contributed by atoms with Crippen LogP contribution < -0.4 is 0 Å². The van der Waals surface area contributed by atoms with Crippen LogP contribution in [-0.4, -0.2) is 8.07 Å². The van der Waals surface area contributed by atoms with Gasteiger partial charge in [-0.1, -0.05) is 38.6 Å². The van der Waals surface area contributed by atoms with Gasteiger partial charge in [0.15, 0.2) is 0 Å². The van der Waals surface area contributed by atoms with Gasteiger partial charge in [-0.05, 0) is 42.6 Å². The lowest BCUT2D eigenvalue weighted by atomic mass is 9.85. The number of hydrogen-bond acceptors (Lipinski definition) is 0. The van der Waals surface area contributed by atoms with Gasteiger partial charge in [0.05, 0.1) is 8.07 Å². The van der Waals surface area contributed by atoms with Gasteiger partial charge in [0.1, 0.15) is 0 Å². The van der Waals surface area contributed by atoms with Crippen LogP contribution in [-0.2, 0) is 0 Å². The van der Waals surface area contributed by atoms with Crippen LogP contribution in [0.2, 0.25) is 24.7 Å². The summed E-state index contributed by atoms with van der Waals surface area (Å²) >= 11 is 0. The molecule has 2 aliphatic rings. The van der Waals surface area contributed by atoms with E-state index >= 15 is 0 Å². The molecule has 0 saturated heterocycles.